The van der Waals surface area contributed by atoms with Crippen molar-refractivity contribution in [3.63, 3.8) is 0 Å². The van der Waals surface area contributed by atoms with E-state index in [4.69, 9.17) is 25.6 Å². The first-order valence-electron chi connectivity index (χ1n) is 8.73. The van der Waals surface area contributed by atoms with Gasteiger partial charge in [0.2, 0.25) is 0 Å². The van der Waals surface area contributed by atoms with Crippen molar-refractivity contribution < 1.29 is 23.6 Å². The van der Waals surface area contributed by atoms with Crippen LogP contribution in [0.5, 0.6) is 5.75 Å². The van der Waals surface area contributed by atoms with Crippen LogP contribution in [-0.2, 0) is 9.53 Å². The van der Waals surface area contributed by atoms with Gasteiger partial charge in [0.1, 0.15) is 22.8 Å². The molecule has 0 radical (unpaired) electrons. The average Bonchev–Trinajstić information content (AvgIpc) is 3.11. The second-order valence-corrected chi connectivity index (χ2v) is 6.66. The van der Waals surface area contributed by atoms with Gasteiger partial charge in [-0.25, -0.2) is 4.79 Å². The van der Waals surface area contributed by atoms with Gasteiger partial charge in [-0.05, 0) is 25.5 Å². The van der Waals surface area contributed by atoms with Crippen molar-refractivity contribution in [3.8, 4) is 17.0 Å². The number of halogens is 1. The standard InChI is InChI=1S/C21H19ClN2O5/c1-12-9-16(17(27-3)10-15(12)22)23-18(25)11-28-21(26)19-13(2)29-24-20(19)14-7-5-4-6-8-14/h4-10H,11H2,1-3H3,(H,23,25). The number of esters is 1. The normalized spacial score (nSPS) is 10.5. The lowest BCUT2D eigenvalue weighted by Gasteiger charge is -2.12. The fourth-order valence-corrected chi connectivity index (χ4v) is 2.88. The molecule has 0 saturated carbocycles. The number of carbonyl (C=O) groups is 2. The predicted octanol–water partition coefficient (Wildman–Crippen LogP) is 4.42. The van der Waals surface area contributed by atoms with E-state index < -0.39 is 18.5 Å². The summed E-state index contributed by atoms with van der Waals surface area (Å²) >= 11 is 6.06. The summed E-state index contributed by atoms with van der Waals surface area (Å²) in [7, 11) is 1.47. The maximum atomic E-state index is 12.6. The van der Waals surface area contributed by atoms with E-state index in [1.165, 1.54) is 7.11 Å². The third kappa shape index (κ3) is 4.57. The van der Waals surface area contributed by atoms with Gasteiger partial charge in [-0.2, -0.15) is 0 Å². The Morgan fingerprint density at radius 1 is 1.17 bits per heavy atom. The number of aromatic nitrogens is 1. The molecule has 150 valence electrons. The number of rotatable bonds is 6. The molecule has 0 saturated heterocycles. The zero-order chi connectivity index (χ0) is 21.0. The third-order valence-electron chi connectivity index (χ3n) is 4.20. The van der Waals surface area contributed by atoms with Crippen LogP contribution in [-0.4, -0.2) is 30.7 Å². The van der Waals surface area contributed by atoms with Crippen molar-refractivity contribution in [2.75, 3.05) is 19.0 Å². The average molecular weight is 415 g/mol. The molecule has 8 heteroatoms. The Bertz CT molecular complexity index is 1050. The number of hydrogen-bond donors (Lipinski definition) is 1. The van der Waals surface area contributed by atoms with Gasteiger partial charge in [0.05, 0.1) is 12.8 Å². The molecule has 0 spiro atoms. The first-order chi connectivity index (χ1) is 13.9. The van der Waals surface area contributed by atoms with E-state index >= 15 is 0 Å². The van der Waals surface area contributed by atoms with Gasteiger partial charge in [-0.1, -0.05) is 47.1 Å². The summed E-state index contributed by atoms with van der Waals surface area (Å²) in [6.45, 7) is 2.93. The second-order valence-electron chi connectivity index (χ2n) is 6.25. The van der Waals surface area contributed by atoms with Gasteiger partial charge >= 0.3 is 5.97 Å². The van der Waals surface area contributed by atoms with Crippen molar-refractivity contribution in [3.05, 3.63) is 64.4 Å². The number of benzene rings is 2. The van der Waals surface area contributed by atoms with Crippen LogP contribution in [0.15, 0.2) is 47.0 Å². The zero-order valence-electron chi connectivity index (χ0n) is 16.1. The van der Waals surface area contributed by atoms with Crippen molar-refractivity contribution in [1.82, 2.24) is 5.16 Å². The quantitative estimate of drug-likeness (QED) is 0.600. The molecule has 0 aliphatic rings. The maximum Gasteiger partial charge on any atom is 0.344 e. The minimum Gasteiger partial charge on any atom is -0.495 e. The highest BCUT2D eigenvalue weighted by Gasteiger charge is 2.23. The Morgan fingerprint density at radius 3 is 2.59 bits per heavy atom. The molecule has 0 fully saturated rings. The van der Waals surface area contributed by atoms with Gasteiger partial charge in [0.25, 0.3) is 5.91 Å². The number of anilines is 1. The summed E-state index contributed by atoms with van der Waals surface area (Å²) in [5, 5.41) is 7.11. The fourth-order valence-electron chi connectivity index (χ4n) is 2.72. The van der Waals surface area contributed by atoms with E-state index in [9.17, 15) is 9.59 Å². The summed E-state index contributed by atoms with van der Waals surface area (Å²) in [5.74, 6) is -0.503. The predicted molar refractivity (Wildman–Crippen MR) is 108 cm³/mol. The van der Waals surface area contributed by atoms with Crippen molar-refractivity contribution in [1.29, 1.82) is 0 Å². The molecule has 7 nitrogen and oxygen atoms in total. The molecule has 3 aromatic rings. The summed E-state index contributed by atoms with van der Waals surface area (Å²) in [4.78, 5) is 24.8. The molecular formula is C21H19ClN2O5. The molecule has 0 aliphatic heterocycles. The zero-order valence-corrected chi connectivity index (χ0v) is 16.9. The number of carbonyl (C=O) groups excluding carboxylic acids is 2. The molecule has 0 atom stereocenters. The molecule has 1 amide bonds. The summed E-state index contributed by atoms with van der Waals surface area (Å²) in [6, 6.07) is 12.4. The van der Waals surface area contributed by atoms with Gasteiger partial charge in [0, 0.05) is 16.7 Å². The van der Waals surface area contributed by atoms with Crippen molar-refractivity contribution in [2.45, 2.75) is 13.8 Å². The first kappa shape index (κ1) is 20.4. The van der Waals surface area contributed by atoms with Crippen LogP contribution >= 0.6 is 11.6 Å². The Labute approximate surface area is 172 Å². The molecule has 2 aromatic carbocycles. The number of methoxy groups -OCH3 is 1. The van der Waals surface area contributed by atoms with E-state index in [0.29, 0.717) is 33.5 Å². The molecular weight excluding hydrogens is 396 g/mol. The van der Waals surface area contributed by atoms with E-state index in [-0.39, 0.29) is 5.56 Å². The molecule has 0 bridgehead atoms. The number of amides is 1. The van der Waals surface area contributed by atoms with Crippen molar-refractivity contribution >= 4 is 29.2 Å². The van der Waals surface area contributed by atoms with E-state index in [1.54, 1.807) is 38.1 Å². The Kier molecular flexibility index (Phi) is 6.19. The number of hydrogen-bond acceptors (Lipinski definition) is 6. The number of nitrogens with one attached hydrogen (secondary N) is 1. The Balaban J connectivity index is 1.70. The van der Waals surface area contributed by atoms with Gasteiger partial charge in [-0.15, -0.1) is 0 Å². The van der Waals surface area contributed by atoms with Crippen LogP contribution in [0.25, 0.3) is 11.3 Å². The summed E-state index contributed by atoms with van der Waals surface area (Å²) < 4.78 is 15.5. The number of aryl methyl sites for hydroxylation is 2. The minimum absolute atomic E-state index is 0.184. The smallest absolute Gasteiger partial charge is 0.344 e. The lowest BCUT2D eigenvalue weighted by Crippen LogP contribution is -2.21. The second kappa shape index (κ2) is 8.79. The molecule has 1 aromatic heterocycles. The van der Waals surface area contributed by atoms with E-state index in [1.807, 2.05) is 18.2 Å². The number of nitrogens with zero attached hydrogens (tertiary/aromatic N) is 1. The van der Waals surface area contributed by atoms with Gasteiger partial charge < -0.3 is 19.3 Å². The molecule has 0 aliphatic carbocycles. The van der Waals surface area contributed by atoms with Crippen LogP contribution in [0.4, 0.5) is 5.69 Å². The lowest BCUT2D eigenvalue weighted by atomic mass is 10.1. The topological polar surface area (TPSA) is 90.7 Å². The molecule has 29 heavy (non-hydrogen) atoms. The van der Waals surface area contributed by atoms with E-state index in [2.05, 4.69) is 10.5 Å². The highest BCUT2D eigenvalue weighted by molar-refractivity contribution is 6.31. The highest BCUT2D eigenvalue weighted by atomic mass is 35.5. The van der Waals surface area contributed by atoms with Crippen LogP contribution in [0, 0.1) is 13.8 Å². The lowest BCUT2D eigenvalue weighted by molar-refractivity contribution is -0.119. The first-order valence-corrected chi connectivity index (χ1v) is 9.11. The highest BCUT2D eigenvalue weighted by Crippen LogP contribution is 2.31. The van der Waals surface area contributed by atoms with Crippen LogP contribution in [0.2, 0.25) is 5.02 Å². The SMILES string of the molecule is COc1cc(Cl)c(C)cc1NC(=O)COC(=O)c1c(-c2ccccc2)noc1C. The van der Waals surface area contributed by atoms with Gasteiger partial charge in [-0.3, -0.25) is 4.79 Å². The largest absolute Gasteiger partial charge is 0.495 e. The Hall–Kier alpha value is -3.32. The molecule has 1 N–H and O–H groups in total. The summed E-state index contributed by atoms with van der Waals surface area (Å²) in [5.41, 5.74) is 2.46. The van der Waals surface area contributed by atoms with Crippen LogP contribution < -0.4 is 10.1 Å². The molecule has 0 unspecified atom stereocenters. The maximum absolute atomic E-state index is 12.6. The Morgan fingerprint density at radius 2 is 1.90 bits per heavy atom. The van der Waals surface area contributed by atoms with Gasteiger partial charge in [0.15, 0.2) is 6.61 Å². The third-order valence-corrected chi connectivity index (χ3v) is 4.61. The van der Waals surface area contributed by atoms with Crippen LogP contribution in [0.1, 0.15) is 21.7 Å². The van der Waals surface area contributed by atoms with Crippen LogP contribution in [0.3, 0.4) is 0 Å². The summed E-state index contributed by atoms with van der Waals surface area (Å²) in [6.07, 6.45) is 0. The number of ether oxygens (including phenoxy) is 2. The molecule has 1 heterocycles. The fraction of sp³-hybridized carbons (Fsp3) is 0.190. The molecule has 3 rings (SSSR count). The van der Waals surface area contributed by atoms with Crippen molar-refractivity contribution in [2.24, 2.45) is 0 Å². The minimum atomic E-state index is -0.697. The monoisotopic (exact) mass is 414 g/mol. The van der Waals surface area contributed by atoms with E-state index in [0.717, 1.165) is 5.56 Å².